The van der Waals surface area contributed by atoms with Crippen molar-refractivity contribution in [1.82, 2.24) is 0 Å². The minimum Gasteiger partial charge on any atom is -0.196 e. The predicted octanol–water partition coefficient (Wildman–Crippen LogP) is 3.54. The third-order valence-corrected chi connectivity index (χ3v) is 1.28. The zero-order chi connectivity index (χ0) is 9.99. The van der Waals surface area contributed by atoms with Crippen LogP contribution in [0.4, 0.5) is 22.0 Å². The number of alkyl halides is 5. The van der Waals surface area contributed by atoms with Gasteiger partial charge in [0, 0.05) is 6.42 Å². The monoisotopic (exact) mass is 188 g/mol. The number of allylic oxidation sites excluding steroid dienone is 1. The first kappa shape index (κ1) is 11.4. The highest BCUT2D eigenvalue weighted by Crippen LogP contribution is 2.39. The van der Waals surface area contributed by atoms with Gasteiger partial charge in [0.2, 0.25) is 0 Å². The Morgan fingerprint density at radius 1 is 1.17 bits per heavy atom. The van der Waals surface area contributed by atoms with E-state index in [1.807, 2.05) is 0 Å². The minimum atomic E-state index is -5.44. The van der Waals surface area contributed by atoms with E-state index in [1.54, 1.807) is 0 Å². The van der Waals surface area contributed by atoms with Crippen molar-refractivity contribution in [2.75, 3.05) is 0 Å². The van der Waals surface area contributed by atoms with Crippen LogP contribution in [0.3, 0.4) is 0 Å². The summed E-state index contributed by atoms with van der Waals surface area (Å²) in [7, 11) is 0. The topological polar surface area (TPSA) is 0 Å². The molecule has 0 aromatic rings. The van der Waals surface area contributed by atoms with Gasteiger partial charge in [-0.25, -0.2) is 0 Å². The zero-order valence-corrected chi connectivity index (χ0v) is 6.51. The van der Waals surface area contributed by atoms with Crippen LogP contribution in [0.2, 0.25) is 0 Å². The molecule has 0 nitrogen and oxygen atoms in total. The van der Waals surface area contributed by atoms with E-state index < -0.39 is 18.5 Å². The molecular formula is C7H9F5. The highest BCUT2D eigenvalue weighted by Gasteiger charge is 2.56. The van der Waals surface area contributed by atoms with Gasteiger partial charge in [0.25, 0.3) is 0 Å². The van der Waals surface area contributed by atoms with E-state index in [0.717, 1.165) is 0 Å². The molecular weight excluding hydrogens is 179 g/mol. The van der Waals surface area contributed by atoms with Gasteiger partial charge in [-0.1, -0.05) is 5.57 Å². The molecule has 0 spiro atoms. The molecule has 0 fully saturated rings. The van der Waals surface area contributed by atoms with Crippen LogP contribution in [-0.4, -0.2) is 12.1 Å². The first-order chi connectivity index (χ1) is 5.17. The van der Waals surface area contributed by atoms with Crippen LogP contribution in [0, 0.1) is 0 Å². The molecule has 0 aromatic heterocycles. The molecule has 0 aliphatic rings. The average Bonchev–Trinajstić information content (AvgIpc) is 1.81. The molecule has 5 heteroatoms. The maximum atomic E-state index is 12.1. The van der Waals surface area contributed by atoms with Crippen LogP contribution < -0.4 is 0 Å². The van der Waals surface area contributed by atoms with Crippen LogP contribution in [0.15, 0.2) is 12.2 Å². The minimum absolute atomic E-state index is 0.313. The van der Waals surface area contributed by atoms with Crippen molar-refractivity contribution in [3.63, 3.8) is 0 Å². The van der Waals surface area contributed by atoms with Crippen LogP contribution in [0.5, 0.6) is 0 Å². The van der Waals surface area contributed by atoms with Crippen molar-refractivity contribution in [2.24, 2.45) is 0 Å². The fourth-order valence-corrected chi connectivity index (χ4v) is 0.512. The number of rotatable bonds is 3. The number of halogens is 5. The molecule has 0 aliphatic carbocycles. The van der Waals surface area contributed by atoms with Gasteiger partial charge < -0.3 is 0 Å². The number of hydrogen-bond donors (Lipinski definition) is 0. The van der Waals surface area contributed by atoms with Crippen LogP contribution in [0.25, 0.3) is 0 Å². The van der Waals surface area contributed by atoms with E-state index in [-0.39, 0.29) is 6.42 Å². The lowest BCUT2D eigenvalue weighted by Gasteiger charge is -2.19. The smallest absolute Gasteiger partial charge is 0.196 e. The highest BCUT2D eigenvalue weighted by molar-refractivity contribution is 4.91. The second-order valence-corrected chi connectivity index (χ2v) is 2.66. The van der Waals surface area contributed by atoms with Gasteiger partial charge in [-0.15, -0.1) is 6.58 Å². The molecule has 0 N–H and O–H groups in total. The van der Waals surface area contributed by atoms with Gasteiger partial charge in [-0.2, -0.15) is 22.0 Å². The fraction of sp³-hybridized carbons (Fsp3) is 0.714. The normalized spacial score (nSPS) is 13.2. The summed E-state index contributed by atoms with van der Waals surface area (Å²) in [4.78, 5) is 0. The Morgan fingerprint density at radius 3 is 1.83 bits per heavy atom. The van der Waals surface area contributed by atoms with Crippen molar-refractivity contribution in [2.45, 2.75) is 31.9 Å². The van der Waals surface area contributed by atoms with E-state index >= 15 is 0 Å². The zero-order valence-electron chi connectivity index (χ0n) is 6.51. The maximum absolute atomic E-state index is 12.1. The van der Waals surface area contributed by atoms with E-state index in [2.05, 4.69) is 6.58 Å². The Bertz CT molecular complexity index is 167. The van der Waals surface area contributed by atoms with Crippen LogP contribution in [0.1, 0.15) is 19.8 Å². The van der Waals surface area contributed by atoms with E-state index in [0.29, 0.717) is 5.57 Å². The summed E-state index contributed by atoms with van der Waals surface area (Å²) in [5, 5.41) is 0. The van der Waals surface area contributed by atoms with Crippen molar-refractivity contribution in [3.05, 3.63) is 12.2 Å². The molecule has 0 saturated heterocycles. The molecule has 0 unspecified atom stereocenters. The Kier molecular flexibility index (Phi) is 3.24. The summed E-state index contributed by atoms with van der Waals surface area (Å²) >= 11 is 0. The van der Waals surface area contributed by atoms with Gasteiger partial charge >= 0.3 is 12.1 Å². The Morgan fingerprint density at radius 2 is 1.58 bits per heavy atom. The average molecular weight is 188 g/mol. The molecule has 0 atom stereocenters. The van der Waals surface area contributed by atoms with Gasteiger partial charge in [-0.05, 0) is 13.3 Å². The lowest BCUT2D eigenvalue weighted by molar-refractivity contribution is -0.284. The SMILES string of the molecule is C=C(C)CCC(F)(F)C(F)(F)F. The van der Waals surface area contributed by atoms with E-state index in [1.165, 1.54) is 6.92 Å². The van der Waals surface area contributed by atoms with Crippen molar-refractivity contribution in [1.29, 1.82) is 0 Å². The molecule has 0 rings (SSSR count). The standard InChI is InChI=1S/C7H9F5/c1-5(2)3-4-6(8,9)7(10,11)12/h1,3-4H2,2H3. The fourth-order valence-electron chi connectivity index (χ4n) is 0.512. The van der Waals surface area contributed by atoms with E-state index in [9.17, 15) is 22.0 Å². The quantitative estimate of drug-likeness (QED) is 0.469. The molecule has 0 radical (unpaired) electrons. The first-order valence-corrected chi connectivity index (χ1v) is 3.26. The Labute approximate surface area is 67.1 Å². The second-order valence-electron chi connectivity index (χ2n) is 2.66. The molecule has 0 bridgehead atoms. The molecule has 0 aliphatic heterocycles. The van der Waals surface area contributed by atoms with Gasteiger partial charge in [0.1, 0.15) is 0 Å². The molecule has 0 saturated carbocycles. The summed E-state index contributed by atoms with van der Waals surface area (Å²) in [6.07, 6.45) is -6.97. The molecule has 0 amide bonds. The Hall–Kier alpha value is -0.610. The van der Waals surface area contributed by atoms with Gasteiger partial charge in [0.05, 0.1) is 0 Å². The molecule has 72 valence electrons. The summed E-state index contributed by atoms with van der Waals surface area (Å²) in [5.74, 6) is -4.59. The highest BCUT2D eigenvalue weighted by atomic mass is 19.4. The third-order valence-electron chi connectivity index (χ3n) is 1.28. The van der Waals surface area contributed by atoms with Crippen LogP contribution in [-0.2, 0) is 0 Å². The summed E-state index contributed by atoms with van der Waals surface area (Å²) in [6, 6.07) is 0. The second kappa shape index (κ2) is 3.41. The van der Waals surface area contributed by atoms with Crippen LogP contribution >= 0.6 is 0 Å². The van der Waals surface area contributed by atoms with Gasteiger partial charge in [-0.3, -0.25) is 0 Å². The summed E-state index contributed by atoms with van der Waals surface area (Å²) in [6.45, 7) is 4.65. The van der Waals surface area contributed by atoms with Crippen molar-refractivity contribution >= 4 is 0 Å². The maximum Gasteiger partial charge on any atom is 0.453 e. The summed E-state index contributed by atoms with van der Waals surface area (Å²) in [5.41, 5.74) is 0.318. The molecule has 12 heavy (non-hydrogen) atoms. The first-order valence-electron chi connectivity index (χ1n) is 3.26. The lowest BCUT2D eigenvalue weighted by Crippen LogP contribution is -2.36. The van der Waals surface area contributed by atoms with Gasteiger partial charge in [0.15, 0.2) is 0 Å². The lowest BCUT2D eigenvalue weighted by atomic mass is 10.1. The summed E-state index contributed by atoms with van der Waals surface area (Å²) < 4.78 is 58.8. The predicted molar refractivity (Wildman–Crippen MR) is 35.0 cm³/mol. The van der Waals surface area contributed by atoms with Crippen molar-refractivity contribution in [3.8, 4) is 0 Å². The Balaban J connectivity index is 4.14. The molecule has 0 heterocycles. The molecule has 0 aromatic carbocycles. The number of hydrogen-bond acceptors (Lipinski definition) is 0. The third kappa shape index (κ3) is 3.19. The van der Waals surface area contributed by atoms with E-state index in [4.69, 9.17) is 0 Å². The largest absolute Gasteiger partial charge is 0.453 e. The van der Waals surface area contributed by atoms with Crippen molar-refractivity contribution < 1.29 is 22.0 Å².